The minimum atomic E-state index is -1.10. The fraction of sp³-hybridized carbons (Fsp3) is 0.727. The lowest BCUT2D eigenvalue weighted by Crippen LogP contribution is -2.22. The lowest BCUT2D eigenvalue weighted by molar-refractivity contribution is 0.206. The SMILES string of the molecule is CC.CCC(CCC(C)C)C1CCC(c2ccc(O)c(F)c2F)CC1. The van der Waals surface area contributed by atoms with Gasteiger partial charge in [0.1, 0.15) is 0 Å². The summed E-state index contributed by atoms with van der Waals surface area (Å²) in [5.74, 6) is -0.244. The van der Waals surface area contributed by atoms with Crippen LogP contribution in [0.25, 0.3) is 0 Å². The van der Waals surface area contributed by atoms with E-state index in [9.17, 15) is 13.9 Å². The van der Waals surface area contributed by atoms with Crippen molar-refractivity contribution in [3.63, 3.8) is 0 Å². The molecule has 1 aliphatic carbocycles. The summed E-state index contributed by atoms with van der Waals surface area (Å²) in [5, 5.41) is 9.26. The zero-order valence-corrected chi connectivity index (χ0v) is 16.6. The summed E-state index contributed by atoms with van der Waals surface area (Å²) in [6, 6.07) is 2.83. The second-order valence-electron chi connectivity index (χ2n) is 7.55. The Hall–Kier alpha value is -1.12. The number of rotatable bonds is 6. The largest absolute Gasteiger partial charge is 0.505 e. The van der Waals surface area contributed by atoms with Gasteiger partial charge >= 0.3 is 0 Å². The molecule has 0 heterocycles. The Balaban J connectivity index is 0.00000151. The summed E-state index contributed by atoms with van der Waals surface area (Å²) in [7, 11) is 0. The Morgan fingerprint density at radius 3 is 2.12 bits per heavy atom. The average Bonchev–Trinajstić information content (AvgIpc) is 2.62. The Morgan fingerprint density at radius 2 is 1.60 bits per heavy atom. The monoisotopic (exact) mass is 354 g/mol. The third-order valence-electron chi connectivity index (χ3n) is 5.61. The number of benzene rings is 1. The molecule has 1 saturated carbocycles. The van der Waals surface area contributed by atoms with Crippen molar-refractivity contribution in [1.29, 1.82) is 0 Å². The first-order chi connectivity index (χ1) is 11.9. The maximum atomic E-state index is 14.0. The zero-order chi connectivity index (χ0) is 19.0. The van der Waals surface area contributed by atoms with Gasteiger partial charge in [0.05, 0.1) is 0 Å². The quantitative estimate of drug-likeness (QED) is 0.563. The van der Waals surface area contributed by atoms with Crippen molar-refractivity contribution in [2.24, 2.45) is 17.8 Å². The molecule has 25 heavy (non-hydrogen) atoms. The third-order valence-corrected chi connectivity index (χ3v) is 5.61. The average molecular weight is 355 g/mol. The first-order valence-electron chi connectivity index (χ1n) is 10.1. The highest BCUT2D eigenvalue weighted by molar-refractivity contribution is 5.32. The molecule has 2 rings (SSSR count). The molecule has 1 aromatic carbocycles. The third kappa shape index (κ3) is 5.97. The molecule has 1 N–H and O–H groups in total. The molecule has 1 nitrogen and oxygen atoms in total. The lowest BCUT2D eigenvalue weighted by atomic mass is 9.71. The molecule has 1 unspecified atom stereocenters. The normalized spacial score (nSPS) is 21.6. The Bertz CT molecular complexity index is 505. The van der Waals surface area contributed by atoms with E-state index in [1.165, 1.54) is 25.3 Å². The number of aromatic hydroxyl groups is 1. The highest BCUT2D eigenvalue weighted by Crippen LogP contribution is 2.42. The van der Waals surface area contributed by atoms with E-state index in [0.29, 0.717) is 5.56 Å². The first-order valence-corrected chi connectivity index (χ1v) is 10.1. The van der Waals surface area contributed by atoms with Gasteiger partial charge in [-0.25, -0.2) is 4.39 Å². The maximum Gasteiger partial charge on any atom is 0.200 e. The van der Waals surface area contributed by atoms with E-state index >= 15 is 0 Å². The van der Waals surface area contributed by atoms with Crippen LogP contribution in [0.4, 0.5) is 8.78 Å². The maximum absolute atomic E-state index is 14.0. The van der Waals surface area contributed by atoms with Crippen LogP contribution in [0.1, 0.15) is 91.0 Å². The fourth-order valence-electron chi connectivity index (χ4n) is 4.09. The summed E-state index contributed by atoms with van der Waals surface area (Å²) >= 11 is 0. The van der Waals surface area contributed by atoms with Crippen molar-refractivity contribution in [1.82, 2.24) is 0 Å². The van der Waals surface area contributed by atoms with Gasteiger partial charge in [-0.15, -0.1) is 0 Å². The van der Waals surface area contributed by atoms with Gasteiger partial charge in [0.25, 0.3) is 0 Å². The van der Waals surface area contributed by atoms with Crippen LogP contribution in [0, 0.1) is 29.4 Å². The molecule has 3 heteroatoms. The molecule has 144 valence electrons. The van der Waals surface area contributed by atoms with Gasteiger partial charge in [-0.2, -0.15) is 4.39 Å². The molecule has 1 atom stereocenters. The number of phenolic OH excluding ortho intramolecular Hbond substituents is 1. The molecule has 0 aromatic heterocycles. The van der Waals surface area contributed by atoms with Gasteiger partial charge in [0.2, 0.25) is 5.82 Å². The smallest absolute Gasteiger partial charge is 0.200 e. The molecular formula is C22H36F2O. The van der Waals surface area contributed by atoms with Crippen LogP contribution in [0.5, 0.6) is 5.75 Å². The van der Waals surface area contributed by atoms with E-state index in [-0.39, 0.29) is 5.92 Å². The van der Waals surface area contributed by atoms with E-state index in [4.69, 9.17) is 0 Å². The first kappa shape index (κ1) is 21.9. The molecule has 0 saturated heterocycles. The van der Waals surface area contributed by atoms with Gasteiger partial charge in [-0.3, -0.25) is 0 Å². The molecule has 1 aromatic rings. The molecule has 0 radical (unpaired) electrons. The van der Waals surface area contributed by atoms with Crippen molar-refractivity contribution in [3.05, 3.63) is 29.3 Å². The Labute approximate surface area is 152 Å². The number of phenols is 1. The van der Waals surface area contributed by atoms with E-state index in [0.717, 1.165) is 43.4 Å². The highest BCUT2D eigenvalue weighted by Gasteiger charge is 2.29. The van der Waals surface area contributed by atoms with E-state index in [2.05, 4.69) is 20.8 Å². The van der Waals surface area contributed by atoms with Crippen molar-refractivity contribution >= 4 is 0 Å². The topological polar surface area (TPSA) is 20.2 Å². The van der Waals surface area contributed by atoms with Crippen molar-refractivity contribution in [2.45, 2.75) is 85.5 Å². The van der Waals surface area contributed by atoms with Crippen molar-refractivity contribution < 1.29 is 13.9 Å². The Kier molecular flexibility index (Phi) is 9.45. The predicted octanol–water partition coefficient (Wildman–Crippen LogP) is 7.43. The van der Waals surface area contributed by atoms with Crippen LogP contribution in [-0.2, 0) is 0 Å². The standard InChI is InChI=1S/C20H30F2O.C2H6/c1-4-14(6-5-13(2)3)15-7-9-16(10-8-15)17-11-12-18(23)20(22)19(17)21;1-2/h11-16,23H,4-10H2,1-3H3;1-2H3. The van der Waals surface area contributed by atoms with Crippen LogP contribution in [0.2, 0.25) is 0 Å². The van der Waals surface area contributed by atoms with Crippen LogP contribution in [0.15, 0.2) is 12.1 Å². The minimum absolute atomic E-state index is 0.0870. The highest BCUT2D eigenvalue weighted by atomic mass is 19.2. The van der Waals surface area contributed by atoms with Gasteiger partial charge in [-0.05, 0) is 67.4 Å². The second kappa shape index (κ2) is 10.8. The van der Waals surface area contributed by atoms with Crippen LogP contribution in [-0.4, -0.2) is 5.11 Å². The van der Waals surface area contributed by atoms with Crippen molar-refractivity contribution in [2.75, 3.05) is 0 Å². The summed E-state index contributed by atoms with van der Waals surface area (Å²) in [6.45, 7) is 10.8. The summed E-state index contributed by atoms with van der Waals surface area (Å²) in [5.41, 5.74) is 0.439. The molecule has 0 amide bonds. The second-order valence-corrected chi connectivity index (χ2v) is 7.55. The molecule has 0 bridgehead atoms. The fourth-order valence-corrected chi connectivity index (χ4v) is 4.09. The lowest BCUT2D eigenvalue weighted by Gasteiger charge is -2.34. The van der Waals surface area contributed by atoms with Gasteiger partial charge in [0, 0.05) is 0 Å². The molecule has 0 aliphatic heterocycles. The summed E-state index contributed by atoms with van der Waals surface area (Å²) in [4.78, 5) is 0. The van der Waals surface area contributed by atoms with Gasteiger partial charge in [-0.1, -0.05) is 53.5 Å². The number of hydrogen-bond donors (Lipinski definition) is 1. The zero-order valence-electron chi connectivity index (χ0n) is 16.6. The van der Waals surface area contributed by atoms with Crippen LogP contribution < -0.4 is 0 Å². The van der Waals surface area contributed by atoms with E-state index < -0.39 is 17.4 Å². The molecular weight excluding hydrogens is 318 g/mol. The van der Waals surface area contributed by atoms with Gasteiger partial charge < -0.3 is 5.11 Å². The van der Waals surface area contributed by atoms with Crippen molar-refractivity contribution in [3.8, 4) is 5.75 Å². The summed E-state index contributed by atoms with van der Waals surface area (Å²) in [6.07, 6.45) is 7.81. The van der Waals surface area contributed by atoms with Gasteiger partial charge in [0.15, 0.2) is 11.6 Å². The molecule has 0 spiro atoms. The Morgan fingerprint density at radius 1 is 1.00 bits per heavy atom. The number of halogens is 2. The summed E-state index contributed by atoms with van der Waals surface area (Å²) < 4.78 is 27.6. The predicted molar refractivity (Wildman–Crippen MR) is 102 cm³/mol. The van der Waals surface area contributed by atoms with E-state index in [1.54, 1.807) is 6.07 Å². The molecule has 1 aliphatic rings. The van der Waals surface area contributed by atoms with Crippen LogP contribution >= 0.6 is 0 Å². The number of hydrogen-bond acceptors (Lipinski definition) is 1. The van der Waals surface area contributed by atoms with E-state index in [1.807, 2.05) is 13.8 Å². The molecule has 1 fully saturated rings. The van der Waals surface area contributed by atoms with Crippen LogP contribution in [0.3, 0.4) is 0 Å². The minimum Gasteiger partial charge on any atom is -0.505 e.